The maximum Gasteiger partial charge on any atom is 0.358 e. The molecule has 20 heavy (non-hydrogen) atoms. The predicted octanol–water partition coefficient (Wildman–Crippen LogP) is 0.705. The maximum atomic E-state index is 11.5. The van der Waals surface area contributed by atoms with Gasteiger partial charge in [0.15, 0.2) is 5.69 Å². The van der Waals surface area contributed by atoms with Gasteiger partial charge < -0.3 is 14.7 Å². The van der Waals surface area contributed by atoms with E-state index in [0.29, 0.717) is 12.2 Å². The zero-order valence-corrected chi connectivity index (χ0v) is 11.0. The van der Waals surface area contributed by atoms with Gasteiger partial charge in [0.25, 0.3) is 0 Å². The standard InChI is InChI=1S/C13H15N3O4/c1-20-13(19)9-5-14-6-11(15-9)16-7-2-3-10(16)8(4-7)12(17)18/h5-8,10H,2-4H2,1H3,(H,17,18). The molecule has 2 bridgehead atoms. The third-order valence-corrected chi connectivity index (χ3v) is 4.13. The van der Waals surface area contributed by atoms with E-state index in [9.17, 15) is 14.7 Å². The minimum Gasteiger partial charge on any atom is -0.481 e. The molecule has 0 saturated carbocycles. The van der Waals surface area contributed by atoms with Crippen molar-refractivity contribution in [1.29, 1.82) is 0 Å². The normalized spacial score (nSPS) is 27.6. The van der Waals surface area contributed by atoms with Gasteiger partial charge >= 0.3 is 11.9 Å². The highest BCUT2D eigenvalue weighted by atomic mass is 16.5. The number of anilines is 1. The van der Waals surface area contributed by atoms with E-state index >= 15 is 0 Å². The van der Waals surface area contributed by atoms with Crippen molar-refractivity contribution in [2.45, 2.75) is 31.3 Å². The van der Waals surface area contributed by atoms with Crippen molar-refractivity contribution in [3.8, 4) is 0 Å². The van der Waals surface area contributed by atoms with E-state index in [0.717, 1.165) is 12.8 Å². The van der Waals surface area contributed by atoms with E-state index in [4.69, 9.17) is 0 Å². The van der Waals surface area contributed by atoms with Gasteiger partial charge in [-0.1, -0.05) is 0 Å². The van der Waals surface area contributed by atoms with Crippen LogP contribution in [0.15, 0.2) is 12.4 Å². The number of fused-ring (bicyclic) bond motifs is 2. The van der Waals surface area contributed by atoms with Gasteiger partial charge in [0.1, 0.15) is 5.82 Å². The van der Waals surface area contributed by atoms with Gasteiger partial charge in [0.2, 0.25) is 0 Å². The molecule has 1 aromatic heterocycles. The number of methoxy groups -OCH3 is 1. The van der Waals surface area contributed by atoms with E-state index in [1.54, 1.807) is 6.20 Å². The van der Waals surface area contributed by atoms with Gasteiger partial charge in [-0.15, -0.1) is 0 Å². The lowest BCUT2D eigenvalue weighted by atomic mass is 9.89. The minimum atomic E-state index is -0.765. The molecular weight excluding hydrogens is 262 g/mol. The Balaban J connectivity index is 1.90. The fraction of sp³-hybridized carbons (Fsp3) is 0.538. The number of carboxylic acids is 1. The molecule has 0 radical (unpaired) electrons. The highest BCUT2D eigenvalue weighted by molar-refractivity contribution is 5.87. The van der Waals surface area contributed by atoms with Crippen LogP contribution >= 0.6 is 0 Å². The van der Waals surface area contributed by atoms with Gasteiger partial charge in [-0.25, -0.2) is 9.78 Å². The van der Waals surface area contributed by atoms with E-state index in [1.165, 1.54) is 13.3 Å². The number of carbonyl (C=O) groups excluding carboxylic acids is 1. The minimum absolute atomic E-state index is 0.0558. The van der Waals surface area contributed by atoms with Crippen molar-refractivity contribution in [1.82, 2.24) is 9.97 Å². The Kier molecular flexibility index (Phi) is 3.04. The number of esters is 1. The van der Waals surface area contributed by atoms with Crippen LogP contribution in [0.3, 0.4) is 0 Å². The first-order valence-electron chi connectivity index (χ1n) is 6.53. The predicted molar refractivity (Wildman–Crippen MR) is 68.4 cm³/mol. The summed E-state index contributed by atoms with van der Waals surface area (Å²) < 4.78 is 4.63. The third kappa shape index (κ3) is 1.90. The van der Waals surface area contributed by atoms with Crippen molar-refractivity contribution in [3.05, 3.63) is 18.1 Å². The number of ether oxygens (including phenoxy) is 1. The molecule has 3 unspecified atom stereocenters. The molecule has 0 aromatic carbocycles. The van der Waals surface area contributed by atoms with Crippen molar-refractivity contribution in [3.63, 3.8) is 0 Å². The van der Waals surface area contributed by atoms with Crippen molar-refractivity contribution in [2.24, 2.45) is 5.92 Å². The maximum absolute atomic E-state index is 11.5. The zero-order chi connectivity index (χ0) is 14.3. The summed E-state index contributed by atoms with van der Waals surface area (Å²) in [5.74, 6) is -1.11. The molecule has 2 aliphatic heterocycles. The first-order chi connectivity index (χ1) is 9.61. The molecule has 2 aliphatic rings. The lowest BCUT2D eigenvalue weighted by Gasteiger charge is -2.23. The highest BCUT2D eigenvalue weighted by Crippen LogP contribution is 2.43. The van der Waals surface area contributed by atoms with Crippen LogP contribution in [0, 0.1) is 5.92 Å². The number of aromatic nitrogens is 2. The van der Waals surface area contributed by atoms with Gasteiger partial charge in [-0.05, 0) is 19.3 Å². The number of carbonyl (C=O) groups is 2. The Morgan fingerprint density at radius 2 is 2.20 bits per heavy atom. The number of carboxylic acid groups (broad SMARTS) is 1. The van der Waals surface area contributed by atoms with Crippen LogP contribution < -0.4 is 4.90 Å². The van der Waals surface area contributed by atoms with Gasteiger partial charge in [-0.2, -0.15) is 0 Å². The smallest absolute Gasteiger partial charge is 0.358 e. The van der Waals surface area contributed by atoms with Crippen LogP contribution in [0.1, 0.15) is 29.8 Å². The summed E-state index contributed by atoms with van der Waals surface area (Å²) in [6.45, 7) is 0. The number of aliphatic carboxylic acids is 1. The second kappa shape index (κ2) is 4.73. The van der Waals surface area contributed by atoms with E-state index in [-0.39, 0.29) is 23.7 Å². The van der Waals surface area contributed by atoms with E-state index in [2.05, 4.69) is 14.7 Å². The number of hydrogen-bond donors (Lipinski definition) is 1. The summed E-state index contributed by atoms with van der Waals surface area (Å²) in [6, 6.07) is 0.114. The van der Waals surface area contributed by atoms with Crippen molar-refractivity contribution >= 4 is 17.8 Å². The molecule has 7 nitrogen and oxygen atoms in total. The van der Waals surface area contributed by atoms with Crippen LogP contribution in [0.4, 0.5) is 5.82 Å². The van der Waals surface area contributed by atoms with E-state index < -0.39 is 11.9 Å². The molecule has 0 spiro atoms. The molecule has 7 heteroatoms. The van der Waals surface area contributed by atoms with Gasteiger partial charge in [-0.3, -0.25) is 9.78 Å². The summed E-state index contributed by atoms with van der Waals surface area (Å²) in [5.41, 5.74) is 0.142. The topological polar surface area (TPSA) is 92.6 Å². The van der Waals surface area contributed by atoms with Crippen molar-refractivity contribution < 1.29 is 19.4 Å². The summed E-state index contributed by atoms with van der Waals surface area (Å²) in [7, 11) is 1.29. The average Bonchev–Trinajstić information content (AvgIpc) is 3.04. The van der Waals surface area contributed by atoms with Crippen LogP contribution in [-0.2, 0) is 9.53 Å². The lowest BCUT2D eigenvalue weighted by Crippen LogP contribution is -2.33. The summed E-state index contributed by atoms with van der Waals surface area (Å²) >= 11 is 0. The summed E-state index contributed by atoms with van der Waals surface area (Å²) in [5, 5.41) is 9.24. The van der Waals surface area contributed by atoms with Crippen LogP contribution in [0.5, 0.6) is 0 Å². The molecule has 0 amide bonds. The van der Waals surface area contributed by atoms with Crippen LogP contribution in [0.25, 0.3) is 0 Å². The Morgan fingerprint density at radius 1 is 1.40 bits per heavy atom. The number of hydrogen-bond acceptors (Lipinski definition) is 6. The quantitative estimate of drug-likeness (QED) is 0.813. The first-order valence-corrected chi connectivity index (χ1v) is 6.53. The highest BCUT2D eigenvalue weighted by Gasteiger charge is 2.50. The van der Waals surface area contributed by atoms with Gasteiger partial charge in [0, 0.05) is 12.1 Å². The number of rotatable bonds is 3. The lowest BCUT2D eigenvalue weighted by molar-refractivity contribution is -0.142. The molecule has 1 aromatic rings. The molecule has 1 N–H and O–H groups in total. The molecular formula is C13H15N3O4. The fourth-order valence-corrected chi connectivity index (χ4v) is 3.29. The zero-order valence-electron chi connectivity index (χ0n) is 11.0. The molecule has 3 atom stereocenters. The van der Waals surface area contributed by atoms with Crippen LogP contribution in [0.2, 0.25) is 0 Å². The Hall–Kier alpha value is -2.18. The van der Waals surface area contributed by atoms with E-state index in [1.807, 2.05) is 4.90 Å². The average molecular weight is 277 g/mol. The molecule has 2 fully saturated rings. The van der Waals surface area contributed by atoms with Crippen LogP contribution in [-0.4, -0.2) is 46.2 Å². The molecule has 2 saturated heterocycles. The van der Waals surface area contributed by atoms with Gasteiger partial charge in [0.05, 0.1) is 25.4 Å². The number of nitrogens with zero attached hydrogens (tertiary/aromatic N) is 3. The monoisotopic (exact) mass is 277 g/mol. The second-order valence-corrected chi connectivity index (χ2v) is 5.14. The Bertz CT molecular complexity index is 562. The molecule has 0 aliphatic carbocycles. The summed E-state index contributed by atoms with van der Waals surface area (Å²) in [4.78, 5) is 33.0. The Labute approximate surface area is 115 Å². The molecule has 3 rings (SSSR count). The first kappa shape index (κ1) is 12.8. The third-order valence-electron chi connectivity index (χ3n) is 4.13. The fourth-order valence-electron chi connectivity index (χ4n) is 3.29. The van der Waals surface area contributed by atoms with Crippen molar-refractivity contribution in [2.75, 3.05) is 12.0 Å². The Morgan fingerprint density at radius 3 is 2.85 bits per heavy atom. The SMILES string of the molecule is COC(=O)c1cncc(N2C3CCC2C(C(=O)O)C3)n1. The second-order valence-electron chi connectivity index (χ2n) is 5.14. The molecule has 106 valence electrons. The molecule has 3 heterocycles. The summed E-state index contributed by atoms with van der Waals surface area (Å²) in [6.07, 6.45) is 5.35. The largest absolute Gasteiger partial charge is 0.481 e.